The van der Waals surface area contributed by atoms with Gasteiger partial charge in [-0.3, -0.25) is 0 Å². The SMILES string of the molecule is O=S(=O)(c1ccc(-c2ccccc2)cc1)N1CCN(c2ccccc2F)CC1. The Morgan fingerprint density at radius 2 is 1.25 bits per heavy atom. The van der Waals surface area contributed by atoms with Crippen molar-refractivity contribution in [2.75, 3.05) is 31.1 Å². The highest BCUT2D eigenvalue weighted by Crippen LogP contribution is 2.25. The summed E-state index contributed by atoms with van der Waals surface area (Å²) in [4.78, 5) is 2.17. The van der Waals surface area contributed by atoms with Crippen molar-refractivity contribution in [2.24, 2.45) is 0 Å². The third-order valence-corrected chi connectivity index (χ3v) is 6.94. The molecule has 0 spiro atoms. The van der Waals surface area contributed by atoms with Crippen LogP contribution in [0.3, 0.4) is 0 Å². The van der Waals surface area contributed by atoms with Crippen molar-refractivity contribution in [3.8, 4) is 11.1 Å². The minimum Gasteiger partial charge on any atom is -0.367 e. The standard InChI is InChI=1S/C22H21FN2O2S/c23-21-8-4-5-9-22(21)24-14-16-25(17-15-24)28(26,27)20-12-10-19(11-13-20)18-6-2-1-3-7-18/h1-13H,14-17H2. The van der Waals surface area contributed by atoms with E-state index < -0.39 is 10.0 Å². The molecule has 3 aromatic carbocycles. The van der Waals surface area contributed by atoms with Gasteiger partial charge in [-0.05, 0) is 35.4 Å². The smallest absolute Gasteiger partial charge is 0.243 e. The van der Waals surface area contributed by atoms with Crippen molar-refractivity contribution in [1.29, 1.82) is 0 Å². The zero-order valence-electron chi connectivity index (χ0n) is 15.3. The molecule has 1 fully saturated rings. The summed E-state index contributed by atoms with van der Waals surface area (Å²) in [5, 5.41) is 0. The first-order valence-electron chi connectivity index (χ1n) is 9.21. The first-order valence-corrected chi connectivity index (χ1v) is 10.6. The molecule has 144 valence electrons. The van der Waals surface area contributed by atoms with Crippen LogP contribution in [0.25, 0.3) is 11.1 Å². The highest BCUT2D eigenvalue weighted by atomic mass is 32.2. The maximum Gasteiger partial charge on any atom is 0.243 e. The number of rotatable bonds is 4. The van der Waals surface area contributed by atoms with Crippen LogP contribution in [0.1, 0.15) is 0 Å². The van der Waals surface area contributed by atoms with E-state index in [0.717, 1.165) is 11.1 Å². The van der Waals surface area contributed by atoms with Crippen molar-refractivity contribution >= 4 is 15.7 Å². The molecule has 0 unspecified atom stereocenters. The molecule has 0 N–H and O–H groups in total. The van der Waals surface area contributed by atoms with Gasteiger partial charge in [-0.15, -0.1) is 0 Å². The number of piperazine rings is 1. The molecule has 0 aliphatic carbocycles. The summed E-state index contributed by atoms with van der Waals surface area (Å²) in [5.41, 5.74) is 2.54. The van der Waals surface area contributed by atoms with E-state index in [4.69, 9.17) is 0 Å². The second kappa shape index (κ2) is 7.73. The van der Waals surface area contributed by atoms with Gasteiger partial charge in [-0.1, -0.05) is 54.6 Å². The van der Waals surface area contributed by atoms with Gasteiger partial charge in [0.2, 0.25) is 10.0 Å². The molecule has 3 aromatic rings. The molecule has 28 heavy (non-hydrogen) atoms. The second-order valence-corrected chi connectivity index (χ2v) is 8.67. The van der Waals surface area contributed by atoms with Crippen LogP contribution in [0.2, 0.25) is 0 Å². The molecule has 0 radical (unpaired) electrons. The Bertz CT molecular complexity index is 1050. The highest BCUT2D eigenvalue weighted by Gasteiger charge is 2.29. The predicted octanol–water partition coefficient (Wildman–Crippen LogP) is 4.00. The summed E-state index contributed by atoms with van der Waals surface area (Å²) in [6.07, 6.45) is 0. The average Bonchev–Trinajstić information content (AvgIpc) is 2.75. The van der Waals surface area contributed by atoms with Crippen LogP contribution in [-0.4, -0.2) is 38.9 Å². The Hall–Kier alpha value is -2.70. The third-order valence-electron chi connectivity index (χ3n) is 5.03. The van der Waals surface area contributed by atoms with E-state index in [9.17, 15) is 12.8 Å². The summed E-state index contributed by atoms with van der Waals surface area (Å²) in [6.45, 7) is 1.58. The van der Waals surface area contributed by atoms with E-state index in [2.05, 4.69) is 0 Å². The van der Waals surface area contributed by atoms with Crippen molar-refractivity contribution in [3.63, 3.8) is 0 Å². The van der Waals surface area contributed by atoms with Crippen LogP contribution in [0.4, 0.5) is 10.1 Å². The number of sulfonamides is 1. The van der Waals surface area contributed by atoms with Crippen LogP contribution >= 0.6 is 0 Å². The second-order valence-electron chi connectivity index (χ2n) is 6.73. The molecule has 6 heteroatoms. The lowest BCUT2D eigenvalue weighted by Crippen LogP contribution is -2.48. The molecule has 1 aliphatic heterocycles. The molecule has 4 rings (SSSR count). The van der Waals surface area contributed by atoms with E-state index in [1.54, 1.807) is 30.3 Å². The lowest BCUT2D eigenvalue weighted by molar-refractivity contribution is 0.383. The zero-order valence-corrected chi connectivity index (χ0v) is 16.1. The first kappa shape index (κ1) is 18.7. The number of halogens is 1. The monoisotopic (exact) mass is 396 g/mol. The summed E-state index contributed by atoms with van der Waals surface area (Å²) >= 11 is 0. The molecular formula is C22H21FN2O2S. The van der Waals surface area contributed by atoms with Gasteiger partial charge in [0.05, 0.1) is 10.6 Å². The largest absolute Gasteiger partial charge is 0.367 e. The Balaban J connectivity index is 1.48. The Labute approximate surface area is 164 Å². The van der Waals surface area contributed by atoms with E-state index in [1.165, 1.54) is 10.4 Å². The Morgan fingerprint density at radius 1 is 0.679 bits per heavy atom. The Morgan fingerprint density at radius 3 is 1.89 bits per heavy atom. The van der Waals surface area contributed by atoms with Gasteiger partial charge in [0.1, 0.15) is 5.82 Å². The minimum absolute atomic E-state index is 0.282. The van der Waals surface area contributed by atoms with Gasteiger partial charge in [0, 0.05) is 26.2 Å². The first-order chi connectivity index (χ1) is 13.6. The van der Waals surface area contributed by atoms with Gasteiger partial charge < -0.3 is 4.90 Å². The number of anilines is 1. The zero-order chi connectivity index (χ0) is 19.6. The average molecular weight is 396 g/mol. The fraction of sp³-hybridized carbons (Fsp3) is 0.182. The van der Waals surface area contributed by atoms with E-state index in [-0.39, 0.29) is 10.7 Å². The molecule has 0 saturated carbocycles. The van der Waals surface area contributed by atoms with Gasteiger partial charge >= 0.3 is 0 Å². The molecule has 1 aliphatic rings. The van der Waals surface area contributed by atoms with Crippen LogP contribution in [0.15, 0.2) is 83.8 Å². The van der Waals surface area contributed by atoms with Gasteiger partial charge in [-0.2, -0.15) is 4.31 Å². The van der Waals surface area contributed by atoms with Gasteiger partial charge in [-0.25, -0.2) is 12.8 Å². The van der Waals surface area contributed by atoms with Gasteiger partial charge in [0.25, 0.3) is 0 Å². The van der Waals surface area contributed by atoms with Crippen LogP contribution in [0, 0.1) is 5.82 Å². The van der Waals surface area contributed by atoms with Crippen molar-refractivity contribution in [1.82, 2.24) is 4.31 Å². The van der Waals surface area contributed by atoms with E-state index in [1.807, 2.05) is 47.4 Å². The third kappa shape index (κ3) is 3.66. The summed E-state index contributed by atoms with van der Waals surface area (Å²) in [5.74, 6) is -0.282. The lowest BCUT2D eigenvalue weighted by Gasteiger charge is -2.35. The molecule has 0 atom stereocenters. The van der Waals surface area contributed by atoms with Crippen molar-refractivity contribution in [3.05, 3.63) is 84.7 Å². The maximum atomic E-state index is 14.0. The van der Waals surface area contributed by atoms with E-state index >= 15 is 0 Å². The lowest BCUT2D eigenvalue weighted by atomic mass is 10.1. The van der Waals surface area contributed by atoms with Crippen molar-refractivity contribution in [2.45, 2.75) is 4.90 Å². The molecule has 1 heterocycles. The minimum atomic E-state index is -3.56. The number of nitrogens with zero attached hydrogens (tertiary/aromatic N) is 2. The number of hydrogen-bond donors (Lipinski definition) is 0. The molecule has 0 amide bonds. The predicted molar refractivity (Wildman–Crippen MR) is 109 cm³/mol. The number of para-hydroxylation sites is 1. The van der Waals surface area contributed by atoms with E-state index in [0.29, 0.717) is 31.9 Å². The summed E-state index contributed by atoms with van der Waals surface area (Å²) in [7, 11) is -3.56. The van der Waals surface area contributed by atoms with Gasteiger partial charge in [0.15, 0.2) is 0 Å². The molecule has 1 saturated heterocycles. The molecule has 0 aromatic heterocycles. The van der Waals surface area contributed by atoms with Crippen LogP contribution in [0.5, 0.6) is 0 Å². The Kier molecular flexibility index (Phi) is 5.15. The van der Waals surface area contributed by atoms with Crippen molar-refractivity contribution < 1.29 is 12.8 Å². The summed E-state index contributed by atoms with van der Waals surface area (Å²) < 4.78 is 41.4. The fourth-order valence-electron chi connectivity index (χ4n) is 3.48. The number of hydrogen-bond acceptors (Lipinski definition) is 3. The number of benzene rings is 3. The van der Waals surface area contributed by atoms with Crippen LogP contribution < -0.4 is 4.90 Å². The quantitative estimate of drug-likeness (QED) is 0.669. The fourth-order valence-corrected chi connectivity index (χ4v) is 4.90. The maximum absolute atomic E-state index is 14.0. The topological polar surface area (TPSA) is 40.6 Å². The van der Waals surface area contributed by atoms with Crippen LogP contribution in [-0.2, 0) is 10.0 Å². The molecule has 4 nitrogen and oxygen atoms in total. The normalized spacial score (nSPS) is 15.5. The highest BCUT2D eigenvalue weighted by molar-refractivity contribution is 7.89. The molecule has 0 bridgehead atoms. The molecular weight excluding hydrogens is 375 g/mol. The summed E-state index contributed by atoms with van der Waals surface area (Å²) in [6, 6.07) is 23.4.